The van der Waals surface area contributed by atoms with Gasteiger partial charge in [0.2, 0.25) is 0 Å². The zero-order valence-electron chi connectivity index (χ0n) is 25.1. The number of aliphatic carboxylic acids is 1. The van der Waals surface area contributed by atoms with Crippen molar-refractivity contribution in [1.29, 1.82) is 0 Å². The molecular formula is C33H40FN7O3. The molecule has 0 bridgehead atoms. The zero-order valence-corrected chi connectivity index (χ0v) is 25.1. The van der Waals surface area contributed by atoms with Gasteiger partial charge in [0.05, 0.1) is 12.1 Å². The number of carbonyl (C=O) groups is 1. The maximum atomic E-state index is 14.7. The van der Waals surface area contributed by atoms with Gasteiger partial charge in [-0.2, -0.15) is 0 Å². The first-order valence-corrected chi connectivity index (χ1v) is 15.2. The average molecular weight is 602 g/mol. The second-order valence-electron chi connectivity index (χ2n) is 11.1. The van der Waals surface area contributed by atoms with Crippen molar-refractivity contribution in [2.24, 2.45) is 0 Å². The summed E-state index contributed by atoms with van der Waals surface area (Å²) in [5.41, 5.74) is 3.74. The molecule has 0 saturated carbocycles. The minimum atomic E-state index is -1.17. The van der Waals surface area contributed by atoms with Crippen LogP contribution in [0.4, 0.5) is 16.0 Å². The number of halogens is 1. The van der Waals surface area contributed by atoms with Gasteiger partial charge in [-0.15, -0.1) is 0 Å². The number of hydrogen-bond donors (Lipinski definition) is 3. The highest BCUT2D eigenvalue weighted by molar-refractivity contribution is 5.92. The largest absolute Gasteiger partial charge is 0.480 e. The van der Waals surface area contributed by atoms with Gasteiger partial charge in [0.15, 0.2) is 5.82 Å². The number of fused-ring (bicyclic) bond motifs is 2. The number of rotatable bonds is 16. The molecule has 1 aliphatic rings. The molecule has 0 fully saturated rings. The van der Waals surface area contributed by atoms with Crippen LogP contribution in [0.2, 0.25) is 0 Å². The molecule has 232 valence electrons. The number of nitrogens with zero attached hydrogens (tertiary/aromatic N) is 5. The Hall–Kier alpha value is -4.22. The third-order valence-corrected chi connectivity index (χ3v) is 7.78. The van der Waals surface area contributed by atoms with Crippen LogP contribution in [0.15, 0.2) is 60.9 Å². The van der Waals surface area contributed by atoms with Crippen molar-refractivity contribution in [2.45, 2.75) is 50.7 Å². The summed E-state index contributed by atoms with van der Waals surface area (Å²) in [6.45, 7) is 2.15. The zero-order chi connectivity index (χ0) is 30.7. The number of nitrogens with one attached hydrogen (secondary N) is 2. The van der Waals surface area contributed by atoms with Crippen LogP contribution < -0.4 is 10.6 Å². The molecule has 1 aromatic carbocycles. The van der Waals surface area contributed by atoms with E-state index < -0.39 is 18.2 Å². The lowest BCUT2D eigenvalue weighted by Gasteiger charge is -2.26. The van der Waals surface area contributed by atoms with Gasteiger partial charge in [0.25, 0.3) is 0 Å². The van der Waals surface area contributed by atoms with E-state index in [1.807, 2.05) is 35.2 Å². The molecule has 3 aromatic heterocycles. The summed E-state index contributed by atoms with van der Waals surface area (Å²) >= 11 is 0. The molecule has 3 N–H and O–H groups in total. The average Bonchev–Trinajstić information content (AvgIpc) is 3.04. The Balaban J connectivity index is 1.24. The number of unbranched alkanes of at least 4 members (excludes halogenated alkanes) is 1. The summed E-state index contributed by atoms with van der Waals surface area (Å²) in [6.07, 6.45) is 7.19. The maximum absolute atomic E-state index is 14.7. The maximum Gasteiger partial charge on any atom is 0.326 e. The molecule has 1 unspecified atom stereocenters. The van der Waals surface area contributed by atoms with Crippen LogP contribution in [0.5, 0.6) is 0 Å². The van der Waals surface area contributed by atoms with Gasteiger partial charge in [-0.25, -0.2) is 24.1 Å². The number of ether oxygens (including phenoxy) is 1. The van der Waals surface area contributed by atoms with E-state index in [1.54, 1.807) is 18.5 Å². The number of pyridine rings is 2. The molecule has 0 amide bonds. The van der Waals surface area contributed by atoms with Crippen LogP contribution in [0.25, 0.3) is 22.3 Å². The Labute approximate surface area is 257 Å². The van der Waals surface area contributed by atoms with E-state index in [1.165, 1.54) is 12.7 Å². The van der Waals surface area contributed by atoms with E-state index in [4.69, 9.17) is 9.72 Å². The molecule has 0 aliphatic carbocycles. The highest BCUT2D eigenvalue weighted by Gasteiger charge is 2.22. The first-order valence-electron chi connectivity index (χ1n) is 15.2. The molecule has 44 heavy (non-hydrogen) atoms. The van der Waals surface area contributed by atoms with Crippen molar-refractivity contribution in [3.8, 4) is 11.4 Å². The van der Waals surface area contributed by atoms with E-state index in [2.05, 4.69) is 37.7 Å². The lowest BCUT2D eigenvalue weighted by Crippen LogP contribution is -2.39. The van der Waals surface area contributed by atoms with Gasteiger partial charge in [0, 0.05) is 55.8 Å². The number of aromatic nitrogens is 4. The Morgan fingerprint density at radius 1 is 1.11 bits per heavy atom. The number of hydrogen-bond acceptors (Lipinski definition) is 9. The number of methoxy groups -OCH3 is 1. The molecule has 2 atom stereocenters. The van der Waals surface area contributed by atoms with Gasteiger partial charge < -0.3 is 25.4 Å². The van der Waals surface area contributed by atoms with E-state index in [0.29, 0.717) is 30.2 Å². The molecule has 5 rings (SSSR count). The van der Waals surface area contributed by atoms with Crippen molar-refractivity contribution >= 4 is 28.5 Å². The quantitative estimate of drug-likeness (QED) is 0.151. The molecule has 0 saturated heterocycles. The lowest BCUT2D eigenvalue weighted by atomic mass is 10.1. The molecule has 4 heterocycles. The van der Waals surface area contributed by atoms with Crippen molar-refractivity contribution < 1.29 is 19.0 Å². The van der Waals surface area contributed by atoms with Gasteiger partial charge in [-0.05, 0) is 81.0 Å². The topological polar surface area (TPSA) is 125 Å². The molecular weight excluding hydrogens is 561 g/mol. The van der Waals surface area contributed by atoms with Crippen molar-refractivity contribution in [3.05, 3.63) is 72.2 Å². The van der Waals surface area contributed by atoms with Gasteiger partial charge in [-0.3, -0.25) is 4.98 Å². The minimum Gasteiger partial charge on any atom is -0.480 e. The van der Waals surface area contributed by atoms with Crippen LogP contribution >= 0.6 is 0 Å². The smallest absolute Gasteiger partial charge is 0.326 e. The fourth-order valence-electron chi connectivity index (χ4n) is 5.50. The highest BCUT2D eigenvalue weighted by atomic mass is 19.1. The predicted molar refractivity (Wildman–Crippen MR) is 170 cm³/mol. The third kappa shape index (κ3) is 8.45. The summed E-state index contributed by atoms with van der Waals surface area (Å²) in [4.78, 5) is 32.7. The van der Waals surface area contributed by atoms with Gasteiger partial charge in [-0.1, -0.05) is 18.2 Å². The first-order chi connectivity index (χ1) is 21.5. The number of aryl methyl sites for hydroxylation is 2. The second-order valence-corrected chi connectivity index (χ2v) is 11.1. The predicted octanol–water partition coefficient (Wildman–Crippen LogP) is 5.01. The summed E-state index contributed by atoms with van der Waals surface area (Å²) in [5, 5.41) is 17.4. The van der Waals surface area contributed by atoms with E-state index >= 15 is 0 Å². The molecule has 4 aromatic rings. The Morgan fingerprint density at radius 3 is 2.82 bits per heavy atom. The van der Waals surface area contributed by atoms with Crippen LogP contribution in [0.1, 0.15) is 36.9 Å². The summed E-state index contributed by atoms with van der Waals surface area (Å²) in [6, 6.07) is 14.5. The summed E-state index contributed by atoms with van der Waals surface area (Å²) < 4.78 is 19.7. The Morgan fingerprint density at radius 2 is 2.00 bits per heavy atom. The molecule has 1 aliphatic heterocycles. The van der Waals surface area contributed by atoms with E-state index in [0.717, 1.165) is 61.1 Å². The van der Waals surface area contributed by atoms with Crippen LogP contribution in [-0.4, -0.2) is 88.0 Å². The Kier molecular flexibility index (Phi) is 11.0. The number of carboxylic acids is 1. The van der Waals surface area contributed by atoms with Gasteiger partial charge >= 0.3 is 5.97 Å². The normalized spacial score (nSPS) is 14.2. The van der Waals surface area contributed by atoms with Crippen molar-refractivity contribution in [3.63, 3.8) is 0 Å². The van der Waals surface area contributed by atoms with Gasteiger partial charge in [0.1, 0.15) is 23.8 Å². The minimum absolute atomic E-state index is 0.00675. The van der Waals surface area contributed by atoms with Crippen molar-refractivity contribution in [2.75, 3.05) is 50.5 Å². The molecule has 10 nitrogen and oxygen atoms in total. The van der Waals surface area contributed by atoms with Crippen LogP contribution in [0.3, 0.4) is 0 Å². The van der Waals surface area contributed by atoms with Crippen LogP contribution in [-0.2, 0) is 22.4 Å². The number of anilines is 2. The van der Waals surface area contributed by atoms with E-state index in [9.17, 15) is 14.3 Å². The number of para-hydroxylation sites is 1. The third-order valence-electron chi connectivity index (χ3n) is 7.78. The monoisotopic (exact) mass is 601 g/mol. The standard InChI is InChI=1S/C33H40FN7O3/c1-44-22-25(34)21-41(18-5-4-10-26-14-13-23-8-7-17-36-30(23)37-26)19-15-29(33(42)43)39-32-27-11-2-3-12-28(27)38-31(40-32)24-9-6-16-35-20-24/h2-3,6,9,11-14,16,20,25,29H,4-5,7-8,10,15,17-19,21-22H2,1H3,(H,36,37)(H,42,43)(H,38,39,40)/t25-,29?/m0/s1. The Bertz CT molecular complexity index is 1520. The second kappa shape index (κ2) is 15.5. The lowest BCUT2D eigenvalue weighted by molar-refractivity contribution is -0.138. The fraction of sp³-hybridized carbons (Fsp3) is 0.424. The molecule has 0 radical (unpaired) electrons. The summed E-state index contributed by atoms with van der Waals surface area (Å²) in [7, 11) is 1.48. The highest BCUT2D eigenvalue weighted by Crippen LogP contribution is 2.26. The first kappa shape index (κ1) is 31.2. The number of carboxylic acid groups (broad SMARTS) is 1. The van der Waals surface area contributed by atoms with E-state index in [-0.39, 0.29) is 19.6 Å². The molecule has 11 heteroatoms. The molecule has 0 spiro atoms. The van der Waals surface area contributed by atoms with Crippen LogP contribution in [0, 0.1) is 0 Å². The number of benzene rings is 1. The summed E-state index contributed by atoms with van der Waals surface area (Å²) in [5.74, 6) is 0.875. The SMILES string of the molecule is COC[C@@H](F)CN(CCCCc1ccc2c(n1)NCCC2)CCC(Nc1nc(-c2cccnc2)nc2ccccc12)C(=O)O. The fourth-order valence-corrected chi connectivity index (χ4v) is 5.50. The number of alkyl halides is 1. The van der Waals surface area contributed by atoms with Crippen molar-refractivity contribution in [1.82, 2.24) is 24.8 Å².